The van der Waals surface area contributed by atoms with E-state index in [9.17, 15) is 9.59 Å². The maximum absolute atomic E-state index is 12.2. The number of ether oxygens (including phenoxy) is 1. The Bertz CT molecular complexity index is 700. The minimum atomic E-state index is -0.522. The van der Waals surface area contributed by atoms with Gasteiger partial charge in [0.1, 0.15) is 5.60 Å². The summed E-state index contributed by atoms with van der Waals surface area (Å²) in [4.78, 5) is 23.8. The second-order valence-corrected chi connectivity index (χ2v) is 7.71. The zero-order valence-electron chi connectivity index (χ0n) is 16.9. The lowest BCUT2D eigenvalue weighted by atomic mass is 9.91. The van der Waals surface area contributed by atoms with Gasteiger partial charge in [-0.1, -0.05) is 60.7 Å². The highest BCUT2D eigenvalue weighted by atomic mass is 16.6. The lowest BCUT2D eigenvalue weighted by molar-refractivity contribution is -0.121. The molecule has 2 N–H and O–H groups in total. The molecule has 0 saturated carbocycles. The Balaban J connectivity index is 1.80. The topological polar surface area (TPSA) is 67.4 Å². The summed E-state index contributed by atoms with van der Waals surface area (Å²) in [5, 5.41) is 5.69. The molecule has 0 aliphatic carbocycles. The van der Waals surface area contributed by atoms with E-state index in [4.69, 9.17) is 4.74 Å². The van der Waals surface area contributed by atoms with E-state index in [1.165, 1.54) is 11.1 Å². The average Bonchev–Trinajstić information content (AvgIpc) is 2.66. The molecule has 0 aromatic heterocycles. The molecule has 2 amide bonds. The van der Waals surface area contributed by atoms with Crippen molar-refractivity contribution in [1.29, 1.82) is 0 Å². The third-order valence-corrected chi connectivity index (χ3v) is 4.16. The number of hydrogen-bond donors (Lipinski definition) is 2. The van der Waals surface area contributed by atoms with Crippen molar-refractivity contribution in [1.82, 2.24) is 10.6 Å². The van der Waals surface area contributed by atoms with E-state index >= 15 is 0 Å². The molecule has 5 heteroatoms. The van der Waals surface area contributed by atoms with Crippen LogP contribution in [0.5, 0.6) is 0 Å². The average molecular weight is 383 g/mol. The molecule has 5 nitrogen and oxygen atoms in total. The van der Waals surface area contributed by atoms with Gasteiger partial charge in [-0.05, 0) is 38.3 Å². The normalized spacial score (nSPS) is 11.1. The molecule has 0 bridgehead atoms. The van der Waals surface area contributed by atoms with Gasteiger partial charge in [0.25, 0.3) is 0 Å². The van der Waals surface area contributed by atoms with Gasteiger partial charge in [0.2, 0.25) is 5.91 Å². The number of carbonyl (C=O) groups is 2. The molecule has 150 valence electrons. The smallest absolute Gasteiger partial charge is 0.407 e. The van der Waals surface area contributed by atoms with Crippen molar-refractivity contribution in [3.63, 3.8) is 0 Å². The van der Waals surface area contributed by atoms with Crippen molar-refractivity contribution in [2.24, 2.45) is 0 Å². The summed E-state index contributed by atoms with van der Waals surface area (Å²) in [5.41, 5.74) is 1.81. The van der Waals surface area contributed by atoms with Gasteiger partial charge in [-0.25, -0.2) is 4.79 Å². The minimum Gasteiger partial charge on any atom is -0.444 e. The van der Waals surface area contributed by atoms with Crippen molar-refractivity contribution >= 4 is 12.0 Å². The van der Waals surface area contributed by atoms with Crippen molar-refractivity contribution in [3.05, 3.63) is 71.8 Å². The quantitative estimate of drug-likeness (QED) is 0.671. The summed E-state index contributed by atoms with van der Waals surface area (Å²) < 4.78 is 5.17. The van der Waals surface area contributed by atoms with Crippen LogP contribution >= 0.6 is 0 Å². The number of benzene rings is 2. The van der Waals surface area contributed by atoms with Crippen molar-refractivity contribution in [2.75, 3.05) is 13.1 Å². The van der Waals surface area contributed by atoms with Crippen LogP contribution < -0.4 is 10.6 Å². The van der Waals surface area contributed by atoms with Gasteiger partial charge in [0.15, 0.2) is 0 Å². The first-order chi connectivity index (χ1) is 13.3. The van der Waals surface area contributed by atoms with Crippen LogP contribution in [0.4, 0.5) is 4.79 Å². The first kappa shape index (κ1) is 21.5. The number of nitrogens with one attached hydrogen (secondary N) is 2. The van der Waals surface area contributed by atoms with E-state index in [1.54, 1.807) is 0 Å². The zero-order chi connectivity index (χ0) is 20.4. The Morgan fingerprint density at radius 2 is 1.43 bits per heavy atom. The van der Waals surface area contributed by atoms with E-state index in [0.717, 1.165) is 0 Å². The van der Waals surface area contributed by atoms with Gasteiger partial charge in [0, 0.05) is 25.4 Å². The maximum atomic E-state index is 12.2. The van der Waals surface area contributed by atoms with E-state index in [2.05, 4.69) is 34.9 Å². The molecular formula is C23H30N2O3. The number of carbonyl (C=O) groups excluding carboxylic acids is 2. The molecule has 0 atom stereocenters. The molecule has 0 heterocycles. The van der Waals surface area contributed by atoms with E-state index in [0.29, 0.717) is 25.9 Å². The van der Waals surface area contributed by atoms with Gasteiger partial charge in [-0.2, -0.15) is 0 Å². The second kappa shape index (κ2) is 10.5. The molecule has 2 aromatic carbocycles. The SMILES string of the molecule is CC(C)(C)OC(=O)NCCCC(=O)NCC(c1ccccc1)c1ccccc1. The molecule has 0 radical (unpaired) electrons. The first-order valence-corrected chi connectivity index (χ1v) is 9.68. The van der Waals surface area contributed by atoms with Gasteiger partial charge in [-0.3, -0.25) is 4.79 Å². The molecule has 0 aliphatic rings. The van der Waals surface area contributed by atoms with Gasteiger partial charge < -0.3 is 15.4 Å². The maximum Gasteiger partial charge on any atom is 0.407 e. The van der Waals surface area contributed by atoms with Crippen molar-refractivity contribution < 1.29 is 14.3 Å². The monoisotopic (exact) mass is 382 g/mol. The summed E-state index contributed by atoms with van der Waals surface area (Å²) in [5.74, 6) is 0.0779. The Labute approximate surface area is 167 Å². The van der Waals surface area contributed by atoms with Crippen LogP contribution in [0.25, 0.3) is 0 Å². The van der Waals surface area contributed by atoms with Crippen LogP contribution in [0.15, 0.2) is 60.7 Å². The highest BCUT2D eigenvalue weighted by Gasteiger charge is 2.16. The molecular weight excluding hydrogens is 352 g/mol. The highest BCUT2D eigenvalue weighted by molar-refractivity contribution is 5.76. The largest absolute Gasteiger partial charge is 0.444 e. The number of rotatable bonds is 8. The van der Waals surface area contributed by atoms with E-state index in [-0.39, 0.29) is 11.8 Å². The fraction of sp³-hybridized carbons (Fsp3) is 0.391. The molecule has 0 unspecified atom stereocenters. The van der Waals surface area contributed by atoms with Gasteiger partial charge in [-0.15, -0.1) is 0 Å². The molecule has 0 spiro atoms. The van der Waals surface area contributed by atoms with Crippen LogP contribution in [0, 0.1) is 0 Å². The van der Waals surface area contributed by atoms with Gasteiger partial charge >= 0.3 is 6.09 Å². The highest BCUT2D eigenvalue weighted by Crippen LogP contribution is 2.23. The predicted molar refractivity (Wildman–Crippen MR) is 111 cm³/mol. The van der Waals surface area contributed by atoms with Gasteiger partial charge in [0.05, 0.1) is 0 Å². The number of alkyl carbamates (subject to hydrolysis) is 1. The Kier molecular flexibility index (Phi) is 8.05. The van der Waals surface area contributed by atoms with Crippen LogP contribution in [-0.4, -0.2) is 30.7 Å². The van der Waals surface area contributed by atoms with Crippen LogP contribution in [0.2, 0.25) is 0 Å². The summed E-state index contributed by atoms with van der Waals surface area (Å²) in [6.45, 7) is 6.39. The third-order valence-electron chi connectivity index (χ3n) is 4.16. The summed E-state index contributed by atoms with van der Waals surface area (Å²) in [6.07, 6.45) is 0.458. The fourth-order valence-electron chi connectivity index (χ4n) is 2.86. The zero-order valence-corrected chi connectivity index (χ0v) is 16.9. The lowest BCUT2D eigenvalue weighted by Gasteiger charge is -2.20. The third kappa shape index (κ3) is 7.82. The molecule has 2 rings (SSSR count). The Hall–Kier alpha value is -2.82. The fourth-order valence-corrected chi connectivity index (χ4v) is 2.86. The van der Waals surface area contributed by atoms with Crippen molar-refractivity contribution in [3.8, 4) is 0 Å². The minimum absolute atomic E-state index is 0.0251. The Morgan fingerprint density at radius 3 is 1.93 bits per heavy atom. The molecule has 0 saturated heterocycles. The Morgan fingerprint density at radius 1 is 0.893 bits per heavy atom. The van der Waals surface area contributed by atoms with Crippen LogP contribution in [0.1, 0.15) is 50.7 Å². The first-order valence-electron chi connectivity index (χ1n) is 9.68. The van der Waals surface area contributed by atoms with Crippen molar-refractivity contribution in [2.45, 2.75) is 45.1 Å². The number of amides is 2. The van der Waals surface area contributed by atoms with Crippen LogP contribution in [0.3, 0.4) is 0 Å². The molecule has 0 fully saturated rings. The molecule has 2 aromatic rings. The lowest BCUT2D eigenvalue weighted by Crippen LogP contribution is -2.34. The molecule has 0 aliphatic heterocycles. The number of hydrogen-bond acceptors (Lipinski definition) is 3. The molecule has 28 heavy (non-hydrogen) atoms. The standard InChI is InChI=1S/C23H30N2O3/c1-23(2,3)28-22(27)24-16-10-15-21(26)25-17-20(18-11-6-4-7-12-18)19-13-8-5-9-14-19/h4-9,11-14,20H,10,15-17H2,1-3H3,(H,24,27)(H,25,26). The van der Waals surface area contributed by atoms with E-state index in [1.807, 2.05) is 57.2 Å². The summed E-state index contributed by atoms with van der Waals surface area (Å²) in [7, 11) is 0. The predicted octanol–water partition coefficient (Wildman–Crippen LogP) is 4.24. The second-order valence-electron chi connectivity index (χ2n) is 7.71. The summed E-state index contributed by atoms with van der Waals surface area (Å²) in [6, 6.07) is 20.3. The van der Waals surface area contributed by atoms with E-state index < -0.39 is 11.7 Å². The van der Waals surface area contributed by atoms with Crippen LogP contribution in [-0.2, 0) is 9.53 Å². The summed E-state index contributed by atoms with van der Waals surface area (Å²) >= 11 is 0.